The van der Waals surface area contributed by atoms with Crippen LogP contribution in [0.3, 0.4) is 0 Å². The summed E-state index contributed by atoms with van der Waals surface area (Å²) in [5.74, 6) is 1.62. The maximum atomic E-state index is 5.98. The molecule has 1 saturated heterocycles. The number of piperidine rings is 1. The summed E-state index contributed by atoms with van der Waals surface area (Å²) >= 11 is 0. The fraction of sp³-hybridized carbons (Fsp3) is 0.276. The Kier molecular flexibility index (Phi) is 7.29. The Morgan fingerprint density at radius 3 is 2.74 bits per heavy atom. The number of aromatic nitrogens is 3. The summed E-state index contributed by atoms with van der Waals surface area (Å²) in [7, 11) is 1.69. The second-order valence-electron chi connectivity index (χ2n) is 8.89. The van der Waals surface area contributed by atoms with Gasteiger partial charge in [0, 0.05) is 29.9 Å². The molecule has 0 bridgehead atoms. The van der Waals surface area contributed by atoms with Gasteiger partial charge in [0.2, 0.25) is 0 Å². The molecule has 3 heterocycles. The van der Waals surface area contributed by atoms with Crippen LogP contribution in [0.2, 0.25) is 0 Å². The molecule has 0 amide bonds. The van der Waals surface area contributed by atoms with Gasteiger partial charge in [-0.25, -0.2) is 0 Å². The van der Waals surface area contributed by atoms with Crippen LogP contribution in [-0.2, 0) is 0 Å². The molecule has 1 fully saturated rings. The highest BCUT2D eigenvalue weighted by Gasteiger charge is 2.10. The van der Waals surface area contributed by atoms with Gasteiger partial charge in [0.05, 0.1) is 18.5 Å². The van der Waals surface area contributed by atoms with Crippen LogP contribution < -0.4 is 9.47 Å². The first-order valence-corrected chi connectivity index (χ1v) is 12.3. The molecule has 0 radical (unpaired) electrons. The summed E-state index contributed by atoms with van der Waals surface area (Å²) in [5, 5.41) is 8.69. The highest BCUT2D eigenvalue weighted by atomic mass is 16.5. The average molecular weight is 469 g/mol. The normalized spacial score (nSPS) is 14.9. The van der Waals surface area contributed by atoms with Crippen molar-refractivity contribution < 1.29 is 9.47 Å². The van der Waals surface area contributed by atoms with Gasteiger partial charge in [-0.2, -0.15) is 5.10 Å². The predicted molar refractivity (Wildman–Crippen MR) is 144 cm³/mol. The first-order valence-electron chi connectivity index (χ1n) is 12.3. The van der Waals surface area contributed by atoms with E-state index in [1.165, 1.54) is 37.7 Å². The average Bonchev–Trinajstić information content (AvgIpc) is 3.56. The van der Waals surface area contributed by atoms with Crippen LogP contribution in [0.1, 0.15) is 41.8 Å². The molecule has 4 aromatic rings. The maximum absolute atomic E-state index is 5.98. The molecule has 2 N–H and O–H groups in total. The van der Waals surface area contributed by atoms with Crippen LogP contribution in [0.25, 0.3) is 35.2 Å². The first kappa shape index (κ1) is 23.0. The minimum Gasteiger partial charge on any atom is -0.496 e. The summed E-state index contributed by atoms with van der Waals surface area (Å²) in [6.07, 6.45) is 14.0. The summed E-state index contributed by atoms with van der Waals surface area (Å²) in [6, 6.07) is 16.4. The molecule has 5 rings (SSSR count). The predicted octanol–water partition coefficient (Wildman–Crippen LogP) is 6.11. The number of likely N-dealkylation sites (tertiary alicyclic amines) is 1. The van der Waals surface area contributed by atoms with Crippen molar-refractivity contribution in [3.05, 3.63) is 77.2 Å². The number of nitrogens with zero attached hydrogens (tertiary/aromatic N) is 2. The van der Waals surface area contributed by atoms with E-state index in [4.69, 9.17) is 9.47 Å². The van der Waals surface area contributed by atoms with Crippen molar-refractivity contribution in [3.63, 3.8) is 0 Å². The summed E-state index contributed by atoms with van der Waals surface area (Å²) in [4.78, 5) is 5.72. The zero-order valence-corrected chi connectivity index (χ0v) is 20.2. The summed E-state index contributed by atoms with van der Waals surface area (Å²) in [5.41, 5.74) is 5.05. The molecular formula is C29H32N4O2. The van der Waals surface area contributed by atoms with Crippen molar-refractivity contribution in [2.45, 2.75) is 19.3 Å². The topological polar surface area (TPSA) is 66.2 Å². The maximum Gasteiger partial charge on any atom is 0.129 e. The van der Waals surface area contributed by atoms with E-state index < -0.39 is 0 Å². The molecule has 6 heteroatoms. The largest absolute Gasteiger partial charge is 0.496 e. The fourth-order valence-corrected chi connectivity index (χ4v) is 4.45. The second kappa shape index (κ2) is 11.1. The van der Waals surface area contributed by atoms with Crippen molar-refractivity contribution >= 4 is 35.2 Å². The van der Waals surface area contributed by atoms with E-state index in [9.17, 15) is 0 Å². The Hall–Kier alpha value is -3.77. The zero-order chi connectivity index (χ0) is 23.9. The molecule has 2 aromatic heterocycles. The Bertz CT molecular complexity index is 1310. The molecule has 0 aliphatic carbocycles. The van der Waals surface area contributed by atoms with Gasteiger partial charge < -0.3 is 14.5 Å². The standard InChI is InChI=1S/C29H32N4O2/c1-34-29-21-27(35-18-17-33-15-3-2-4-16-33)12-9-24(29)8-11-26-20-25(31-32-26)10-6-22-5-7-23-13-14-30-28(23)19-22/h5-14,19-21,30H,2-4,15-18H2,1H3,(H,31,32)/b10-6+,11-8+. The third kappa shape index (κ3) is 6.03. The summed E-state index contributed by atoms with van der Waals surface area (Å²) in [6.45, 7) is 4.04. The van der Waals surface area contributed by atoms with E-state index in [2.05, 4.69) is 50.4 Å². The Morgan fingerprint density at radius 1 is 0.943 bits per heavy atom. The molecule has 0 unspecified atom stereocenters. The number of nitrogens with one attached hydrogen (secondary N) is 2. The second-order valence-corrected chi connectivity index (χ2v) is 8.89. The molecule has 180 valence electrons. The number of fused-ring (bicyclic) bond motifs is 1. The van der Waals surface area contributed by atoms with E-state index in [1.807, 2.05) is 48.7 Å². The number of H-pyrrole nitrogens is 2. The van der Waals surface area contributed by atoms with E-state index in [-0.39, 0.29) is 0 Å². The van der Waals surface area contributed by atoms with Gasteiger partial charge in [-0.1, -0.05) is 24.6 Å². The van der Waals surface area contributed by atoms with Crippen molar-refractivity contribution in [1.29, 1.82) is 0 Å². The number of rotatable bonds is 9. The molecule has 0 atom stereocenters. The Balaban J connectivity index is 1.19. The summed E-state index contributed by atoms with van der Waals surface area (Å²) < 4.78 is 11.6. The lowest BCUT2D eigenvalue weighted by Crippen LogP contribution is -2.33. The molecular weight excluding hydrogens is 436 g/mol. The van der Waals surface area contributed by atoms with E-state index in [0.717, 1.165) is 46.1 Å². The third-order valence-electron chi connectivity index (χ3n) is 6.42. The van der Waals surface area contributed by atoms with Gasteiger partial charge in [-0.3, -0.25) is 10.00 Å². The number of benzene rings is 2. The molecule has 6 nitrogen and oxygen atoms in total. The van der Waals surface area contributed by atoms with Crippen LogP contribution in [0.15, 0.2) is 54.7 Å². The Labute approximate surface area is 206 Å². The third-order valence-corrected chi connectivity index (χ3v) is 6.42. The van der Waals surface area contributed by atoms with Crippen LogP contribution >= 0.6 is 0 Å². The number of ether oxygens (including phenoxy) is 2. The highest BCUT2D eigenvalue weighted by molar-refractivity contribution is 5.83. The van der Waals surface area contributed by atoms with Gasteiger partial charge in [0.15, 0.2) is 0 Å². The SMILES string of the molecule is COc1cc(OCCN2CCCCC2)ccc1/C=C/c1cc(/C=C/c2ccc3cc[nH]c3c2)n[nH]1. The van der Waals surface area contributed by atoms with Crippen molar-refractivity contribution in [2.24, 2.45) is 0 Å². The highest BCUT2D eigenvalue weighted by Crippen LogP contribution is 2.26. The quantitative estimate of drug-likeness (QED) is 0.311. The van der Waals surface area contributed by atoms with Crippen LogP contribution in [0, 0.1) is 0 Å². The van der Waals surface area contributed by atoms with E-state index in [1.54, 1.807) is 7.11 Å². The number of hydrogen-bond acceptors (Lipinski definition) is 4. The van der Waals surface area contributed by atoms with Gasteiger partial charge >= 0.3 is 0 Å². The molecule has 1 aliphatic heterocycles. The van der Waals surface area contributed by atoms with E-state index in [0.29, 0.717) is 6.61 Å². The van der Waals surface area contributed by atoms with Crippen molar-refractivity contribution in [2.75, 3.05) is 33.4 Å². The molecule has 2 aromatic carbocycles. The van der Waals surface area contributed by atoms with E-state index >= 15 is 0 Å². The fourth-order valence-electron chi connectivity index (χ4n) is 4.45. The molecule has 35 heavy (non-hydrogen) atoms. The van der Waals surface area contributed by atoms with Crippen LogP contribution in [-0.4, -0.2) is 53.4 Å². The monoisotopic (exact) mass is 468 g/mol. The van der Waals surface area contributed by atoms with Gasteiger partial charge in [0.25, 0.3) is 0 Å². The Morgan fingerprint density at radius 2 is 1.86 bits per heavy atom. The van der Waals surface area contributed by atoms with Crippen molar-refractivity contribution in [1.82, 2.24) is 20.1 Å². The minimum atomic E-state index is 0.696. The first-order chi connectivity index (χ1) is 17.3. The minimum absolute atomic E-state index is 0.696. The lowest BCUT2D eigenvalue weighted by atomic mass is 10.1. The molecule has 1 aliphatic rings. The number of hydrogen-bond donors (Lipinski definition) is 2. The lowest BCUT2D eigenvalue weighted by molar-refractivity contribution is 0.183. The molecule has 0 spiro atoms. The van der Waals surface area contributed by atoms with Crippen LogP contribution in [0.4, 0.5) is 0 Å². The zero-order valence-electron chi connectivity index (χ0n) is 20.2. The van der Waals surface area contributed by atoms with Crippen LogP contribution in [0.5, 0.6) is 11.5 Å². The van der Waals surface area contributed by atoms with Gasteiger partial charge in [-0.15, -0.1) is 0 Å². The number of aromatic amines is 2. The molecule has 0 saturated carbocycles. The van der Waals surface area contributed by atoms with Gasteiger partial charge in [0.1, 0.15) is 18.1 Å². The smallest absolute Gasteiger partial charge is 0.129 e. The lowest BCUT2D eigenvalue weighted by Gasteiger charge is -2.26. The number of methoxy groups -OCH3 is 1. The van der Waals surface area contributed by atoms with Crippen molar-refractivity contribution in [3.8, 4) is 11.5 Å². The van der Waals surface area contributed by atoms with Gasteiger partial charge in [-0.05, 0) is 85.4 Å².